The molecule has 0 saturated heterocycles. The topological polar surface area (TPSA) is 41.1 Å². The average molecular weight is 248 g/mol. The van der Waals surface area contributed by atoms with Crippen molar-refractivity contribution < 1.29 is 4.79 Å². The van der Waals surface area contributed by atoms with Crippen LogP contribution in [0.5, 0.6) is 0 Å². The number of benzene rings is 1. The number of anilines is 1. The Bertz CT molecular complexity index is 390. The fourth-order valence-electron chi connectivity index (χ4n) is 1.44. The molecule has 0 aliphatic rings. The summed E-state index contributed by atoms with van der Waals surface area (Å²) in [5.41, 5.74) is 1.92. The molecule has 18 heavy (non-hydrogen) atoms. The summed E-state index contributed by atoms with van der Waals surface area (Å²) in [6.45, 7) is 9.42. The van der Waals surface area contributed by atoms with Crippen LogP contribution in [0.15, 0.2) is 24.3 Å². The fraction of sp³-hybridized carbons (Fsp3) is 0.533. The Kier molecular flexibility index (Phi) is 4.76. The van der Waals surface area contributed by atoms with Crippen molar-refractivity contribution in [1.82, 2.24) is 5.32 Å². The van der Waals surface area contributed by atoms with Crippen LogP contribution in [0.2, 0.25) is 0 Å². The molecule has 0 radical (unpaired) electrons. The minimum atomic E-state index is -0.00578. The minimum absolute atomic E-state index is 0.00578. The molecule has 0 aliphatic carbocycles. The first-order valence-electron chi connectivity index (χ1n) is 6.40. The number of carbonyl (C=O) groups excluding carboxylic acids is 1. The lowest BCUT2D eigenvalue weighted by Crippen LogP contribution is -2.33. The normalized spacial score (nSPS) is 12.9. The molecule has 0 heterocycles. The molecule has 1 unspecified atom stereocenters. The summed E-state index contributed by atoms with van der Waals surface area (Å²) in [6, 6.07) is 7.48. The molecule has 0 spiro atoms. The Morgan fingerprint density at radius 1 is 1.22 bits per heavy atom. The highest BCUT2D eigenvalue weighted by molar-refractivity contribution is 5.94. The van der Waals surface area contributed by atoms with Crippen molar-refractivity contribution in [1.29, 1.82) is 0 Å². The van der Waals surface area contributed by atoms with E-state index in [0.29, 0.717) is 18.0 Å². The Balaban J connectivity index is 2.55. The lowest BCUT2D eigenvalue weighted by atomic mass is 9.82. The van der Waals surface area contributed by atoms with Crippen LogP contribution in [-0.2, 0) is 0 Å². The smallest absolute Gasteiger partial charge is 0.251 e. The van der Waals surface area contributed by atoms with Crippen molar-refractivity contribution >= 4 is 11.6 Å². The van der Waals surface area contributed by atoms with E-state index >= 15 is 0 Å². The first-order valence-corrected chi connectivity index (χ1v) is 6.40. The van der Waals surface area contributed by atoms with E-state index in [2.05, 4.69) is 38.3 Å². The molecule has 0 fully saturated rings. The molecule has 2 N–H and O–H groups in total. The first kappa shape index (κ1) is 14.6. The Hall–Kier alpha value is -1.51. The van der Waals surface area contributed by atoms with Gasteiger partial charge in [-0.15, -0.1) is 0 Å². The summed E-state index contributed by atoms with van der Waals surface area (Å²) in [7, 11) is 1.86. The van der Waals surface area contributed by atoms with Crippen molar-refractivity contribution in [2.24, 2.45) is 11.3 Å². The minimum Gasteiger partial charge on any atom is -0.388 e. The molecule has 0 aromatic heterocycles. The van der Waals surface area contributed by atoms with Crippen LogP contribution < -0.4 is 10.6 Å². The predicted octanol–water partition coefficient (Wildman–Crippen LogP) is 3.14. The van der Waals surface area contributed by atoms with Crippen LogP contribution in [0.1, 0.15) is 38.1 Å². The molecule has 0 aliphatic heterocycles. The first-order chi connectivity index (χ1) is 8.34. The van der Waals surface area contributed by atoms with Gasteiger partial charge in [0, 0.05) is 24.8 Å². The number of rotatable bonds is 4. The second kappa shape index (κ2) is 5.89. The number of carbonyl (C=O) groups is 1. The van der Waals surface area contributed by atoms with Gasteiger partial charge in [0.25, 0.3) is 5.91 Å². The van der Waals surface area contributed by atoms with Crippen LogP contribution in [0, 0.1) is 11.3 Å². The van der Waals surface area contributed by atoms with Crippen LogP contribution >= 0.6 is 0 Å². The molecule has 1 atom stereocenters. The van der Waals surface area contributed by atoms with Crippen molar-refractivity contribution in [3.8, 4) is 0 Å². The Morgan fingerprint density at radius 3 is 2.22 bits per heavy atom. The number of amides is 1. The molecule has 3 heteroatoms. The zero-order valence-corrected chi connectivity index (χ0v) is 12.0. The third-order valence-corrected chi connectivity index (χ3v) is 3.48. The summed E-state index contributed by atoms with van der Waals surface area (Å²) in [5.74, 6) is 0.437. The molecule has 3 nitrogen and oxygen atoms in total. The predicted molar refractivity (Wildman–Crippen MR) is 76.9 cm³/mol. The Labute approximate surface area is 110 Å². The van der Waals surface area contributed by atoms with Gasteiger partial charge in [0.05, 0.1) is 0 Å². The van der Waals surface area contributed by atoms with Crippen molar-refractivity contribution in [3.05, 3.63) is 29.8 Å². The molecule has 1 aromatic rings. The second-order valence-electron chi connectivity index (χ2n) is 5.80. The van der Waals surface area contributed by atoms with Gasteiger partial charge in [0.15, 0.2) is 0 Å². The lowest BCUT2D eigenvalue weighted by molar-refractivity contribution is 0.0937. The van der Waals surface area contributed by atoms with Gasteiger partial charge < -0.3 is 10.6 Å². The van der Waals surface area contributed by atoms with Crippen LogP contribution in [0.4, 0.5) is 5.69 Å². The maximum absolute atomic E-state index is 11.9. The van der Waals surface area contributed by atoms with E-state index < -0.39 is 0 Å². The molecule has 1 amide bonds. The highest BCUT2D eigenvalue weighted by Gasteiger charge is 2.20. The van der Waals surface area contributed by atoms with E-state index in [1.807, 2.05) is 31.3 Å². The van der Waals surface area contributed by atoms with Gasteiger partial charge in [0.2, 0.25) is 0 Å². The van der Waals surface area contributed by atoms with Gasteiger partial charge in [-0.2, -0.15) is 0 Å². The summed E-state index contributed by atoms with van der Waals surface area (Å²) in [4.78, 5) is 11.9. The molecule has 0 bridgehead atoms. The van der Waals surface area contributed by atoms with E-state index in [0.717, 1.165) is 5.69 Å². The molecule has 100 valence electrons. The number of hydrogen-bond donors (Lipinski definition) is 2. The van der Waals surface area contributed by atoms with Gasteiger partial charge in [-0.25, -0.2) is 0 Å². The third-order valence-electron chi connectivity index (χ3n) is 3.48. The lowest BCUT2D eigenvalue weighted by Gasteiger charge is -2.27. The maximum atomic E-state index is 11.9. The SMILES string of the molecule is CNc1ccc(C(=O)NCC(C)C(C)(C)C)cc1. The van der Waals surface area contributed by atoms with Gasteiger partial charge in [0.1, 0.15) is 0 Å². The van der Waals surface area contributed by atoms with Crippen molar-refractivity contribution in [2.75, 3.05) is 18.9 Å². The molecular formula is C15H24N2O. The number of hydrogen-bond acceptors (Lipinski definition) is 2. The van der Waals surface area contributed by atoms with Gasteiger partial charge in [-0.05, 0) is 35.6 Å². The monoisotopic (exact) mass is 248 g/mol. The molecule has 1 rings (SSSR count). The van der Waals surface area contributed by atoms with E-state index in [1.54, 1.807) is 0 Å². The highest BCUT2D eigenvalue weighted by atomic mass is 16.1. The maximum Gasteiger partial charge on any atom is 0.251 e. The number of nitrogens with one attached hydrogen (secondary N) is 2. The van der Waals surface area contributed by atoms with E-state index in [9.17, 15) is 4.79 Å². The fourth-order valence-corrected chi connectivity index (χ4v) is 1.44. The van der Waals surface area contributed by atoms with Crippen LogP contribution in [0.25, 0.3) is 0 Å². The molecule has 0 saturated carbocycles. The van der Waals surface area contributed by atoms with Gasteiger partial charge in [-0.3, -0.25) is 4.79 Å². The summed E-state index contributed by atoms with van der Waals surface area (Å²) >= 11 is 0. The van der Waals surface area contributed by atoms with E-state index in [1.165, 1.54) is 0 Å². The van der Waals surface area contributed by atoms with Crippen molar-refractivity contribution in [2.45, 2.75) is 27.7 Å². The summed E-state index contributed by atoms with van der Waals surface area (Å²) in [5, 5.41) is 6.01. The van der Waals surface area contributed by atoms with E-state index in [4.69, 9.17) is 0 Å². The molecular weight excluding hydrogens is 224 g/mol. The van der Waals surface area contributed by atoms with Crippen molar-refractivity contribution in [3.63, 3.8) is 0 Å². The zero-order chi connectivity index (χ0) is 13.8. The largest absolute Gasteiger partial charge is 0.388 e. The van der Waals surface area contributed by atoms with Crippen LogP contribution in [-0.4, -0.2) is 19.5 Å². The zero-order valence-electron chi connectivity index (χ0n) is 12.0. The van der Waals surface area contributed by atoms with Gasteiger partial charge >= 0.3 is 0 Å². The summed E-state index contributed by atoms with van der Waals surface area (Å²) in [6.07, 6.45) is 0. The van der Waals surface area contributed by atoms with Gasteiger partial charge in [-0.1, -0.05) is 27.7 Å². The average Bonchev–Trinajstić information content (AvgIpc) is 2.34. The summed E-state index contributed by atoms with van der Waals surface area (Å²) < 4.78 is 0. The standard InChI is InChI=1S/C15H24N2O/c1-11(15(2,3)4)10-17-14(18)12-6-8-13(16-5)9-7-12/h6-9,11,16H,10H2,1-5H3,(H,17,18). The van der Waals surface area contributed by atoms with E-state index in [-0.39, 0.29) is 11.3 Å². The van der Waals surface area contributed by atoms with Crippen LogP contribution in [0.3, 0.4) is 0 Å². The Morgan fingerprint density at radius 2 is 1.78 bits per heavy atom. The third kappa shape index (κ3) is 4.06. The highest BCUT2D eigenvalue weighted by Crippen LogP contribution is 2.24. The second-order valence-corrected chi connectivity index (χ2v) is 5.80. The quantitative estimate of drug-likeness (QED) is 0.859. The molecule has 1 aromatic carbocycles.